The van der Waals surface area contributed by atoms with Gasteiger partial charge in [-0.05, 0) is 25.6 Å². The molecule has 23 heavy (non-hydrogen) atoms. The lowest BCUT2D eigenvalue weighted by Gasteiger charge is -2.20. The molecule has 1 atom stereocenters. The number of benzene rings is 1. The summed E-state index contributed by atoms with van der Waals surface area (Å²) >= 11 is 1.61. The number of anilines is 1. The van der Waals surface area contributed by atoms with Gasteiger partial charge >= 0.3 is 0 Å². The number of carbonyl (C=O) groups excluding carboxylic acids is 1. The van der Waals surface area contributed by atoms with Gasteiger partial charge in [-0.25, -0.2) is 0 Å². The lowest BCUT2D eigenvalue weighted by atomic mass is 10.3. The molecule has 4 nitrogen and oxygen atoms in total. The van der Waals surface area contributed by atoms with E-state index in [0.29, 0.717) is 13.0 Å². The fourth-order valence-electron chi connectivity index (χ4n) is 2.11. The zero-order chi connectivity index (χ0) is 17.2. The molecule has 0 fully saturated rings. The standard InChI is InChI=1S/C18H25N3OS/c1-5-21(12-14(2)3)13-18(22)20-16-8-6-7-9-17(16)23-15(4)10-11-19/h6-9,15H,2,5,10,12-13H2,1,3-4H3,(H,20,22)/t15-/m1/s1. The number of hydrogen-bond donors (Lipinski definition) is 1. The van der Waals surface area contributed by atoms with E-state index >= 15 is 0 Å². The van der Waals surface area contributed by atoms with Gasteiger partial charge in [0, 0.05) is 23.1 Å². The maximum absolute atomic E-state index is 12.3. The molecule has 0 saturated heterocycles. The zero-order valence-corrected chi connectivity index (χ0v) is 14.9. The Kier molecular flexibility index (Phi) is 8.46. The van der Waals surface area contributed by atoms with Crippen molar-refractivity contribution in [2.24, 2.45) is 0 Å². The van der Waals surface area contributed by atoms with E-state index in [1.54, 1.807) is 11.8 Å². The maximum atomic E-state index is 12.3. The van der Waals surface area contributed by atoms with Crippen molar-refractivity contribution in [1.29, 1.82) is 5.26 Å². The third-order valence-electron chi connectivity index (χ3n) is 3.18. The molecule has 0 aliphatic heterocycles. The minimum Gasteiger partial charge on any atom is -0.324 e. The molecule has 0 spiro atoms. The highest BCUT2D eigenvalue weighted by molar-refractivity contribution is 8.00. The summed E-state index contributed by atoms with van der Waals surface area (Å²) in [4.78, 5) is 15.3. The number of nitrogens with zero attached hydrogens (tertiary/aromatic N) is 2. The number of carbonyl (C=O) groups is 1. The Hall–Kier alpha value is -1.77. The number of thioether (sulfide) groups is 1. The number of rotatable bonds is 9. The summed E-state index contributed by atoms with van der Waals surface area (Å²) in [5, 5.41) is 12.0. The van der Waals surface area contributed by atoms with Crippen molar-refractivity contribution in [2.45, 2.75) is 37.3 Å². The molecule has 1 rings (SSSR count). The minimum atomic E-state index is -0.0333. The van der Waals surface area contributed by atoms with Gasteiger partial charge in [-0.2, -0.15) is 5.26 Å². The van der Waals surface area contributed by atoms with E-state index in [1.165, 1.54) is 0 Å². The Morgan fingerprint density at radius 3 is 2.74 bits per heavy atom. The third kappa shape index (κ3) is 7.36. The molecule has 1 aromatic rings. The molecule has 0 radical (unpaired) electrons. The van der Waals surface area contributed by atoms with Crippen LogP contribution >= 0.6 is 11.8 Å². The Morgan fingerprint density at radius 1 is 1.43 bits per heavy atom. The van der Waals surface area contributed by atoms with Gasteiger partial charge in [0.15, 0.2) is 0 Å². The zero-order valence-electron chi connectivity index (χ0n) is 14.1. The largest absolute Gasteiger partial charge is 0.324 e. The lowest BCUT2D eigenvalue weighted by molar-refractivity contribution is -0.117. The summed E-state index contributed by atoms with van der Waals surface area (Å²) in [5.41, 5.74) is 1.85. The van der Waals surface area contributed by atoms with Crippen LogP contribution in [0.15, 0.2) is 41.3 Å². The number of para-hydroxylation sites is 1. The van der Waals surface area contributed by atoms with Crippen molar-refractivity contribution in [1.82, 2.24) is 4.90 Å². The van der Waals surface area contributed by atoms with Crippen molar-refractivity contribution in [3.63, 3.8) is 0 Å². The van der Waals surface area contributed by atoms with Gasteiger partial charge in [0.05, 0.1) is 18.3 Å². The summed E-state index contributed by atoms with van der Waals surface area (Å²) in [6.45, 7) is 11.8. The first kappa shape index (κ1) is 19.3. The first-order valence-electron chi connectivity index (χ1n) is 7.75. The number of amides is 1. The van der Waals surface area contributed by atoms with Gasteiger partial charge in [-0.15, -0.1) is 11.8 Å². The van der Waals surface area contributed by atoms with Crippen LogP contribution in [-0.2, 0) is 4.79 Å². The van der Waals surface area contributed by atoms with Gasteiger partial charge < -0.3 is 5.32 Å². The first-order chi connectivity index (χ1) is 11.0. The molecule has 0 bridgehead atoms. The Morgan fingerprint density at radius 2 is 2.13 bits per heavy atom. The Bertz CT molecular complexity index is 580. The average molecular weight is 331 g/mol. The summed E-state index contributed by atoms with van der Waals surface area (Å²) < 4.78 is 0. The molecule has 0 unspecified atom stereocenters. The van der Waals surface area contributed by atoms with Crippen LogP contribution in [0, 0.1) is 11.3 Å². The predicted molar refractivity (Wildman–Crippen MR) is 97.5 cm³/mol. The monoisotopic (exact) mass is 331 g/mol. The van der Waals surface area contributed by atoms with E-state index in [0.717, 1.165) is 29.2 Å². The highest BCUT2D eigenvalue weighted by Crippen LogP contribution is 2.31. The molecule has 124 valence electrons. The molecule has 0 aromatic heterocycles. The smallest absolute Gasteiger partial charge is 0.238 e. The highest BCUT2D eigenvalue weighted by Gasteiger charge is 2.13. The van der Waals surface area contributed by atoms with Crippen molar-refractivity contribution in [2.75, 3.05) is 25.0 Å². The summed E-state index contributed by atoms with van der Waals surface area (Å²) in [5.74, 6) is -0.0333. The number of likely N-dealkylation sites (N-methyl/N-ethyl adjacent to an activating group) is 1. The van der Waals surface area contributed by atoms with E-state index in [1.807, 2.05) is 49.9 Å². The predicted octanol–water partition coefficient (Wildman–Crippen LogP) is 3.92. The van der Waals surface area contributed by atoms with Crippen LogP contribution in [0.4, 0.5) is 5.69 Å². The van der Waals surface area contributed by atoms with Crippen molar-refractivity contribution in [3.05, 3.63) is 36.4 Å². The summed E-state index contributed by atoms with van der Waals surface area (Å²) in [6, 6.07) is 9.89. The van der Waals surface area contributed by atoms with E-state index in [4.69, 9.17) is 5.26 Å². The normalized spacial score (nSPS) is 11.8. The van der Waals surface area contributed by atoms with E-state index in [2.05, 4.69) is 18.0 Å². The van der Waals surface area contributed by atoms with E-state index in [9.17, 15) is 4.79 Å². The molecular formula is C18H25N3OS. The van der Waals surface area contributed by atoms with Crippen LogP contribution in [0.2, 0.25) is 0 Å². The van der Waals surface area contributed by atoms with E-state index < -0.39 is 0 Å². The summed E-state index contributed by atoms with van der Waals surface area (Å²) in [6.07, 6.45) is 0.481. The SMILES string of the molecule is C=C(C)CN(CC)CC(=O)Nc1ccccc1S[C@H](C)CC#N. The quantitative estimate of drug-likeness (QED) is 0.550. The molecule has 1 aromatic carbocycles. The molecular weight excluding hydrogens is 306 g/mol. The molecule has 1 N–H and O–H groups in total. The van der Waals surface area contributed by atoms with Gasteiger partial charge in [-0.3, -0.25) is 9.69 Å². The Labute approximate surface area is 143 Å². The van der Waals surface area contributed by atoms with Crippen LogP contribution in [0.1, 0.15) is 27.2 Å². The van der Waals surface area contributed by atoms with Crippen LogP contribution < -0.4 is 5.32 Å². The second-order valence-electron chi connectivity index (χ2n) is 5.60. The van der Waals surface area contributed by atoms with Crippen molar-refractivity contribution >= 4 is 23.4 Å². The second kappa shape index (κ2) is 10.1. The van der Waals surface area contributed by atoms with Gasteiger partial charge in [0.2, 0.25) is 5.91 Å². The lowest BCUT2D eigenvalue weighted by Crippen LogP contribution is -2.34. The van der Waals surface area contributed by atoms with Gasteiger partial charge in [0.1, 0.15) is 0 Å². The minimum absolute atomic E-state index is 0.0333. The number of hydrogen-bond acceptors (Lipinski definition) is 4. The van der Waals surface area contributed by atoms with Crippen LogP contribution in [0.25, 0.3) is 0 Å². The van der Waals surface area contributed by atoms with Crippen molar-refractivity contribution in [3.8, 4) is 6.07 Å². The molecule has 0 aliphatic carbocycles. The topological polar surface area (TPSA) is 56.1 Å². The summed E-state index contributed by atoms with van der Waals surface area (Å²) in [7, 11) is 0. The van der Waals surface area contributed by atoms with Crippen LogP contribution in [0.5, 0.6) is 0 Å². The number of nitriles is 1. The third-order valence-corrected chi connectivity index (χ3v) is 4.35. The Balaban J connectivity index is 2.71. The molecule has 5 heteroatoms. The number of nitrogens with one attached hydrogen (secondary N) is 1. The van der Waals surface area contributed by atoms with Crippen LogP contribution in [0.3, 0.4) is 0 Å². The fourth-order valence-corrected chi connectivity index (χ4v) is 3.11. The van der Waals surface area contributed by atoms with Crippen LogP contribution in [-0.4, -0.2) is 35.7 Å². The molecule has 1 amide bonds. The molecule has 0 aliphatic rings. The molecule has 0 saturated carbocycles. The van der Waals surface area contributed by atoms with Gasteiger partial charge in [0.25, 0.3) is 0 Å². The average Bonchev–Trinajstić information content (AvgIpc) is 2.48. The van der Waals surface area contributed by atoms with E-state index in [-0.39, 0.29) is 11.2 Å². The van der Waals surface area contributed by atoms with Crippen molar-refractivity contribution < 1.29 is 4.79 Å². The molecule has 0 heterocycles. The fraction of sp³-hybridized carbons (Fsp3) is 0.444. The maximum Gasteiger partial charge on any atom is 0.238 e. The first-order valence-corrected chi connectivity index (χ1v) is 8.63. The second-order valence-corrected chi connectivity index (χ2v) is 7.08. The van der Waals surface area contributed by atoms with Gasteiger partial charge in [-0.1, -0.05) is 38.1 Å². The highest BCUT2D eigenvalue weighted by atomic mass is 32.2.